The molecular weight excluding hydrogens is 390 g/mol. The van der Waals surface area contributed by atoms with Crippen molar-refractivity contribution in [3.63, 3.8) is 0 Å². The van der Waals surface area contributed by atoms with Gasteiger partial charge in [0.25, 0.3) is 5.91 Å². The standard InChI is InChI=1S/C26H29NO2S/c1-20(2)29-23-14-8-12-21(18-23)13-9-17-27-26(28)24-15-6-7-16-25(24)30-19-22-10-4-3-5-11-22/h3-8,10-12,14-16,18,20H,9,13,17,19H2,1-2H3,(H,27,28). The summed E-state index contributed by atoms with van der Waals surface area (Å²) in [5.74, 6) is 1.74. The average Bonchev–Trinajstić information content (AvgIpc) is 2.76. The SMILES string of the molecule is CC(C)Oc1cccc(CCCNC(=O)c2ccccc2SCc2ccccc2)c1. The van der Waals surface area contributed by atoms with Gasteiger partial charge in [0, 0.05) is 17.2 Å². The third kappa shape index (κ3) is 6.96. The summed E-state index contributed by atoms with van der Waals surface area (Å²) in [6.45, 7) is 4.70. The number of aryl methyl sites for hydroxylation is 1. The maximum absolute atomic E-state index is 12.7. The highest BCUT2D eigenvalue weighted by Gasteiger charge is 2.11. The Morgan fingerprint density at radius 2 is 1.67 bits per heavy atom. The van der Waals surface area contributed by atoms with Crippen molar-refractivity contribution in [1.29, 1.82) is 0 Å². The van der Waals surface area contributed by atoms with Gasteiger partial charge in [-0.2, -0.15) is 0 Å². The first-order valence-electron chi connectivity index (χ1n) is 10.4. The van der Waals surface area contributed by atoms with Crippen molar-refractivity contribution in [3.8, 4) is 5.75 Å². The van der Waals surface area contributed by atoms with Gasteiger partial charge < -0.3 is 10.1 Å². The monoisotopic (exact) mass is 419 g/mol. The lowest BCUT2D eigenvalue weighted by atomic mass is 10.1. The maximum Gasteiger partial charge on any atom is 0.252 e. The molecule has 0 saturated heterocycles. The number of carbonyl (C=O) groups excluding carboxylic acids is 1. The van der Waals surface area contributed by atoms with E-state index in [1.54, 1.807) is 11.8 Å². The summed E-state index contributed by atoms with van der Waals surface area (Å²) in [5, 5.41) is 3.07. The first-order chi connectivity index (χ1) is 14.6. The minimum Gasteiger partial charge on any atom is -0.491 e. The van der Waals surface area contributed by atoms with Crippen molar-refractivity contribution in [2.45, 2.75) is 43.4 Å². The van der Waals surface area contributed by atoms with Gasteiger partial charge in [0.15, 0.2) is 0 Å². The van der Waals surface area contributed by atoms with Crippen LogP contribution in [0.5, 0.6) is 5.75 Å². The highest BCUT2D eigenvalue weighted by atomic mass is 32.2. The molecule has 0 fully saturated rings. The second kappa shape index (κ2) is 11.5. The van der Waals surface area contributed by atoms with Crippen LogP contribution in [-0.4, -0.2) is 18.6 Å². The predicted octanol–water partition coefficient (Wildman–Crippen LogP) is 6.13. The van der Waals surface area contributed by atoms with Crippen LogP contribution in [0.3, 0.4) is 0 Å². The number of amides is 1. The van der Waals surface area contributed by atoms with Crippen molar-refractivity contribution in [3.05, 3.63) is 95.6 Å². The Bertz CT molecular complexity index is 941. The highest BCUT2D eigenvalue weighted by molar-refractivity contribution is 7.98. The molecule has 3 rings (SSSR count). The molecular formula is C26H29NO2S. The molecule has 0 aliphatic carbocycles. The zero-order valence-electron chi connectivity index (χ0n) is 17.6. The molecule has 3 aromatic rings. The van der Waals surface area contributed by atoms with Crippen LogP contribution in [0, 0.1) is 0 Å². The number of hydrogen-bond donors (Lipinski definition) is 1. The molecule has 0 heterocycles. The molecule has 0 atom stereocenters. The first kappa shape index (κ1) is 22.0. The number of benzene rings is 3. The van der Waals surface area contributed by atoms with Gasteiger partial charge in [0.05, 0.1) is 11.7 Å². The van der Waals surface area contributed by atoms with Gasteiger partial charge in [-0.1, -0.05) is 54.6 Å². The second-order valence-corrected chi connectivity index (χ2v) is 8.46. The third-order valence-corrected chi connectivity index (χ3v) is 5.71. The maximum atomic E-state index is 12.7. The lowest BCUT2D eigenvalue weighted by Crippen LogP contribution is -2.25. The molecule has 0 bridgehead atoms. The predicted molar refractivity (Wildman–Crippen MR) is 125 cm³/mol. The Hall–Kier alpha value is -2.72. The van der Waals surface area contributed by atoms with Gasteiger partial charge in [-0.3, -0.25) is 4.79 Å². The van der Waals surface area contributed by atoms with Crippen molar-refractivity contribution < 1.29 is 9.53 Å². The molecule has 3 nitrogen and oxygen atoms in total. The van der Waals surface area contributed by atoms with E-state index in [-0.39, 0.29) is 12.0 Å². The Balaban J connectivity index is 1.49. The van der Waals surface area contributed by atoms with Gasteiger partial charge in [-0.15, -0.1) is 11.8 Å². The molecule has 1 N–H and O–H groups in total. The topological polar surface area (TPSA) is 38.3 Å². The summed E-state index contributed by atoms with van der Waals surface area (Å²) in [6, 6.07) is 26.3. The number of ether oxygens (including phenoxy) is 1. The summed E-state index contributed by atoms with van der Waals surface area (Å²) < 4.78 is 5.75. The van der Waals surface area contributed by atoms with Crippen molar-refractivity contribution in [1.82, 2.24) is 5.32 Å². The summed E-state index contributed by atoms with van der Waals surface area (Å²) in [6.07, 6.45) is 1.95. The van der Waals surface area contributed by atoms with Crippen LogP contribution in [-0.2, 0) is 12.2 Å². The van der Waals surface area contributed by atoms with Crippen molar-refractivity contribution >= 4 is 17.7 Å². The molecule has 0 aromatic heterocycles. The zero-order chi connectivity index (χ0) is 21.2. The van der Waals surface area contributed by atoms with E-state index in [1.165, 1.54) is 11.1 Å². The lowest BCUT2D eigenvalue weighted by molar-refractivity contribution is 0.0950. The summed E-state index contributed by atoms with van der Waals surface area (Å²) >= 11 is 1.70. The van der Waals surface area contributed by atoms with Crippen LogP contribution in [0.2, 0.25) is 0 Å². The van der Waals surface area contributed by atoms with E-state index in [2.05, 4.69) is 29.6 Å². The normalized spacial score (nSPS) is 10.8. The van der Waals surface area contributed by atoms with Crippen LogP contribution < -0.4 is 10.1 Å². The fourth-order valence-corrected chi connectivity index (χ4v) is 4.16. The molecule has 4 heteroatoms. The molecule has 1 amide bonds. The van der Waals surface area contributed by atoms with E-state index in [0.717, 1.165) is 34.8 Å². The smallest absolute Gasteiger partial charge is 0.252 e. The van der Waals surface area contributed by atoms with E-state index in [0.29, 0.717) is 6.54 Å². The Labute approximate surface area is 183 Å². The average molecular weight is 420 g/mol. The number of rotatable bonds is 10. The molecule has 3 aromatic carbocycles. The largest absolute Gasteiger partial charge is 0.491 e. The molecule has 0 saturated carbocycles. The second-order valence-electron chi connectivity index (χ2n) is 7.44. The first-order valence-corrected chi connectivity index (χ1v) is 11.4. The van der Waals surface area contributed by atoms with Crippen molar-refractivity contribution in [2.75, 3.05) is 6.54 Å². The number of thioether (sulfide) groups is 1. The number of hydrogen-bond acceptors (Lipinski definition) is 3. The lowest BCUT2D eigenvalue weighted by Gasteiger charge is -2.12. The third-order valence-electron chi connectivity index (χ3n) is 4.57. The van der Waals surface area contributed by atoms with E-state index < -0.39 is 0 Å². The van der Waals surface area contributed by atoms with Crippen LogP contribution in [0.1, 0.15) is 41.8 Å². The molecule has 0 radical (unpaired) electrons. The fourth-order valence-electron chi connectivity index (χ4n) is 3.15. The molecule has 30 heavy (non-hydrogen) atoms. The van der Waals surface area contributed by atoms with Gasteiger partial charge >= 0.3 is 0 Å². The van der Waals surface area contributed by atoms with Gasteiger partial charge in [-0.05, 0) is 62.1 Å². The van der Waals surface area contributed by atoms with Crippen LogP contribution >= 0.6 is 11.8 Å². The number of carbonyl (C=O) groups is 1. The molecule has 0 unspecified atom stereocenters. The van der Waals surface area contributed by atoms with Crippen LogP contribution in [0.4, 0.5) is 0 Å². The summed E-state index contributed by atoms with van der Waals surface area (Å²) in [7, 11) is 0. The summed E-state index contributed by atoms with van der Waals surface area (Å²) in [4.78, 5) is 13.7. The van der Waals surface area contributed by atoms with Crippen LogP contribution in [0.25, 0.3) is 0 Å². The Morgan fingerprint density at radius 1 is 0.933 bits per heavy atom. The van der Waals surface area contributed by atoms with Gasteiger partial charge in [0.2, 0.25) is 0 Å². The highest BCUT2D eigenvalue weighted by Crippen LogP contribution is 2.26. The molecule has 0 aliphatic rings. The minimum atomic E-state index is -0.0111. The van der Waals surface area contributed by atoms with E-state index in [9.17, 15) is 4.79 Å². The van der Waals surface area contributed by atoms with E-state index in [4.69, 9.17) is 4.74 Å². The zero-order valence-corrected chi connectivity index (χ0v) is 18.5. The Kier molecular flexibility index (Phi) is 8.40. The summed E-state index contributed by atoms with van der Waals surface area (Å²) in [5.41, 5.74) is 3.22. The van der Waals surface area contributed by atoms with E-state index in [1.807, 2.05) is 68.4 Å². The van der Waals surface area contributed by atoms with E-state index >= 15 is 0 Å². The molecule has 0 spiro atoms. The fraction of sp³-hybridized carbons (Fsp3) is 0.269. The number of nitrogens with one attached hydrogen (secondary N) is 1. The molecule has 156 valence electrons. The van der Waals surface area contributed by atoms with Crippen molar-refractivity contribution in [2.24, 2.45) is 0 Å². The van der Waals surface area contributed by atoms with Gasteiger partial charge in [-0.25, -0.2) is 0 Å². The minimum absolute atomic E-state index is 0.0111. The van der Waals surface area contributed by atoms with Crippen LogP contribution in [0.15, 0.2) is 83.8 Å². The molecule has 0 aliphatic heterocycles. The Morgan fingerprint density at radius 3 is 2.47 bits per heavy atom. The van der Waals surface area contributed by atoms with Gasteiger partial charge in [0.1, 0.15) is 5.75 Å². The quantitative estimate of drug-likeness (QED) is 0.317.